The van der Waals surface area contributed by atoms with Crippen molar-refractivity contribution in [1.29, 1.82) is 0 Å². The third-order valence-corrected chi connectivity index (χ3v) is 5.92. The largest absolute Gasteiger partial charge is 0.346 e. The fourth-order valence-corrected chi connectivity index (χ4v) is 4.39. The van der Waals surface area contributed by atoms with Gasteiger partial charge in [-0.25, -0.2) is 4.39 Å². The number of rotatable bonds is 4. The Morgan fingerprint density at radius 1 is 1.23 bits per heavy atom. The Kier molecular flexibility index (Phi) is 4.58. The molecule has 0 radical (unpaired) electrons. The van der Waals surface area contributed by atoms with Gasteiger partial charge in [0.1, 0.15) is 5.82 Å². The van der Waals surface area contributed by atoms with Crippen molar-refractivity contribution in [1.82, 2.24) is 24.6 Å². The van der Waals surface area contributed by atoms with Crippen molar-refractivity contribution < 1.29 is 9.18 Å². The summed E-state index contributed by atoms with van der Waals surface area (Å²) in [5, 5.41) is 7.93. The summed E-state index contributed by atoms with van der Waals surface area (Å²) in [6.07, 6.45) is 8.51. The minimum absolute atomic E-state index is 0.0335. The van der Waals surface area contributed by atoms with Crippen LogP contribution in [0.2, 0.25) is 0 Å². The Hall–Kier alpha value is -3.48. The number of nitrogens with one attached hydrogen (secondary N) is 1. The van der Waals surface area contributed by atoms with Gasteiger partial charge < -0.3 is 9.47 Å². The summed E-state index contributed by atoms with van der Waals surface area (Å²) in [4.78, 5) is 19.3. The molecular formula is C23H22FN5O. The molecule has 1 unspecified atom stereocenters. The first kappa shape index (κ1) is 18.5. The first-order chi connectivity index (χ1) is 14.6. The van der Waals surface area contributed by atoms with Gasteiger partial charge >= 0.3 is 0 Å². The summed E-state index contributed by atoms with van der Waals surface area (Å²) in [5.74, 6) is -0.00903. The maximum absolute atomic E-state index is 13.2. The lowest BCUT2D eigenvalue weighted by Crippen LogP contribution is -2.34. The van der Waals surface area contributed by atoms with Crippen LogP contribution in [-0.4, -0.2) is 43.1 Å². The van der Waals surface area contributed by atoms with Crippen LogP contribution in [0.25, 0.3) is 22.2 Å². The number of halogens is 1. The lowest BCUT2D eigenvalue weighted by Gasteiger charge is -2.21. The lowest BCUT2D eigenvalue weighted by molar-refractivity contribution is 0.0742. The van der Waals surface area contributed by atoms with E-state index in [9.17, 15) is 9.18 Å². The van der Waals surface area contributed by atoms with E-state index in [1.54, 1.807) is 18.3 Å². The standard InChI is InChI=1S/C23H22FN5O/c1-15-8-16(14-29(15)23(30)17-2-4-20(24)5-3-17)13-28-7-6-18-9-21(25-12-22(18)28)19-10-26-27-11-19/h2-7,9-12,15-16H,8,13-14H2,1H3,(H,26,27)/t15-,16?/m1/s1. The maximum Gasteiger partial charge on any atom is 0.254 e. The second kappa shape index (κ2) is 7.40. The van der Waals surface area contributed by atoms with E-state index in [1.165, 1.54) is 12.1 Å². The number of carbonyl (C=O) groups is 1. The Balaban J connectivity index is 1.32. The van der Waals surface area contributed by atoms with Gasteiger partial charge in [-0.05, 0) is 55.7 Å². The highest BCUT2D eigenvalue weighted by Crippen LogP contribution is 2.28. The summed E-state index contributed by atoms with van der Waals surface area (Å²) in [6, 6.07) is 10.1. The van der Waals surface area contributed by atoms with Crippen molar-refractivity contribution in [3.63, 3.8) is 0 Å². The van der Waals surface area contributed by atoms with Crippen LogP contribution in [0.1, 0.15) is 23.7 Å². The number of fused-ring (bicyclic) bond motifs is 1. The normalized spacial score (nSPS) is 18.9. The van der Waals surface area contributed by atoms with Crippen molar-refractivity contribution in [2.45, 2.75) is 25.9 Å². The number of likely N-dealkylation sites (tertiary alicyclic amines) is 1. The number of amides is 1. The van der Waals surface area contributed by atoms with E-state index in [0.717, 1.165) is 35.1 Å². The lowest BCUT2D eigenvalue weighted by atomic mass is 10.1. The molecule has 7 heteroatoms. The van der Waals surface area contributed by atoms with E-state index in [0.29, 0.717) is 18.0 Å². The second-order valence-corrected chi connectivity index (χ2v) is 8.00. The van der Waals surface area contributed by atoms with Crippen molar-refractivity contribution in [3.8, 4) is 11.3 Å². The van der Waals surface area contributed by atoms with Crippen LogP contribution in [0.4, 0.5) is 4.39 Å². The number of H-pyrrole nitrogens is 1. The van der Waals surface area contributed by atoms with Crippen LogP contribution in [-0.2, 0) is 6.54 Å². The summed E-state index contributed by atoms with van der Waals surface area (Å²) in [7, 11) is 0. The molecule has 1 amide bonds. The molecule has 6 nitrogen and oxygen atoms in total. The molecule has 1 fully saturated rings. The van der Waals surface area contributed by atoms with E-state index < -0.39 is 0 Å². The number of hydrogen-bond acceptors (Lipinski definition) is 3. The van der Waals surface area contributed by atoms with Gasteiger partial charge in [0, 0.05) is 48.0 Å². The molecule has 4 heterocycles. The molecule has 1 aliphatic heterocycles. The van der Waals surface area contributed by atoms with E-state index in [4.69, 9.17) is 0 Å². The molecule has 5 rings (SSSR count). The van der Waals surface area contributed by atoms with Gasteiger partial charge in [-0.15, -0.1) is 0 Å². The Labute approximate surface area is 173 Å². The van der Waals surface area contributed by atoms with Gasteiger partial charge in [-0.2, -0.15) is 5.10 Å². The van der Waals surface area contributed by atoms with Crippen molar-refractivity contribution in [2.75, 3.05) is 6.54 Å². The molecule has 1 N–H and O–H groups in total. The Bertz CT molecular complexity index is 1180. The highest BCUT2D eigenvalue weighted by Gasteiger charge is 2.33. The fraction of sp³-hybridized carbons (Fsp3) is 0.261. The molecule has 1 aliphatic rings. The van der Waals surface area contributed by atoms with E-state index in [1.807, 2.05) is 17.3 Å². The average molecular weight is 403 g/mol. The minimum atomic E-state index is -0.331. The molecule has 1 aromatic carbocycles. The SMILES string of the molecule is C[C@@H]1CC(Cn2ccc3cc(-c4cn[nH]c4)ncc32)CN1C(=O)c1ccc(F)cc1. The van der Waals surface area contributed by atoms with E-state index in [-0.39, 0.29) is 17.8 Å². The van der Waals surface area contributed by atoms with Gasteiger partial charge in [-0.1, -0.05) is 0 Å². The number of aromatic nitrogens is 4. The van der Waals surface area contributed by atoms with Gasteiger partial charge in [0.25, 0.3) is 5.91 Å². The topological polar surface area (TPSA) is 66.8 Å². The molecule has 30 heavy (non-hydrogen) atoms. The monoisotopic (exact) mass is 403 g/mol. The quantitative estimate of drug-likeness (QED) is 0.557. The highest BCUT2D eigenvalue weighted by molar-refractivity contribution is 5.94. The van der Waals surface area contributed by atoms with E-state index in [2.05, 4.69) is 45.0 Å². The van der Waals surface area contributed by atoms with Gasteiger partial charge in [-0.3, -0.25) is 14.9 Å². The minimum Gasteiger partial charge on any atom is -0.346 e. The molecule has 0 aliphatic carbocycles. The maximum atomic E-state index is 13.2. The molecule has 4 aromatic rings. The number of aromatic amines is 1. The highest BCUT2D eigenvalue weighted by atomic mass is 19.1. The smallest absolute Gasteiger partial charge is 0.254 e. The number of hydrogen-bond donors (Lipinski definition) is 1. The molecule has 3 aromatic heterocycles. The number of nitrogens with zero attached hydrogens (tertiary/aromatic N) is 4. The predicted molar refractivity (Wildman–Crippen MR) is 112 cm³/mol. The van der Waals surface area contributed by atoms with Crippen LogP contribution in [0.3, 0.4) is 0 Å². The van der Waals surface area contributed by atoms with E-state index >= 15 is 0 Å². The fourth-order valence-electron chi connectivity index (χ4n) is 4.39. The molecule has 0 spiro atoms. The third kappa shape index (κ3) is 3.36. The number of benzene rings is 1. The Morgan fingerprint density at radius 2 is 2.07 bits per heavy atom. The summed E-state index contributed by atoms with van der Waals surface area (Å²) >= 11 is 0. The van der Waals surface area contributed by atoms with Crippen LogP contribution in [0, 0.1) is 11.7 Å². The molecular weight excluding hydrogens is 381 g/mol. The van der Waals surface area contributed by atoms with Crippen molar-refractivity contribution in [2.24, 2.45) is 5.92 Å². The average Bonchev–Trinajstić information content (AvgIpc) is 3.49. The zero-order valence-corrected chi connectivity index (χ0v) is 16.6. The zero-order valence-electron chi connectivity index (χ0n) is 16.6. The molecule has 0 saturated carbocycles. The Morgan fingerprint density at radius 3 is 2.83 bits per heavy atom. The van der Waals surface area contributed by atoms with Crippen LogP contribution < -0.4 is 0 Å². The number of pyridine rings is 1. The van der Waals surface area contributed by atoms with Crippen molar-refractivity contribution in [3.05, 3.63) is 72.6 Å². The molecule has 2 atom stereocenters. The van der Waals surface area contributed by atoms with Gasteiger partial charge in [0.05, 0.1) is 23.6 Å². The first-order valence-electron chi connectivity index (χ1n) is 10.1. The second-order valence-electron chi connectivity index (χ2n) is 8.00. The van der Waals surface area contributed by atoms with Crippen LogP contribution in [0.15, 0.2) is 61.2 Å². The molecule has 152 valence electrons. The van der Waals surface area contributed by atoms with Crippen molar-refractivity contribution >= 4 is 16.8 Å². The summed E-state index contributed by atoms with van der Waals surface area (Å²) in [6.45, 7) is 3.60. The molecule has 1 saturated heterocycles. The van der Waals surface area contributed by atoms with Gasteiger partial charge in [0.2, 0.25) is 0 Å². The zero-order chi connectivity index (χ0) is 20.7. The van der Waals surface area contributed by atoms with Crippen LogP contribution >= 0.6 is 0 Å². The third-order valence-electron chi connectivity index (χ3n) is 5.92. The van der Waals surface area contributed by atoms with Crippen LogP contribution in [0.5, 0.6) is 0 Å². The van der Waals surface area contributed by atoms with Gasteiger partial charge in [0.15, 0.2) is 0 Å². The number of carbonyl (C=O) groups excluding carboxylic acids is 1. The first-order valence-corrected chi connectivity index (χ1v) is 10.1. The predicted octanol–water partition coefficient (Wildman–Crippen LogP) is 4.12. The molecule has 0 bridgehead atoms. The summed E-state index contributed by atoms with van der Waals surface area (Å²) < 4.78 is 15.4. The summed E-state index contributed by atoms with van der Waals surface area (Å²) in [5.41, 5.74) is 3.47.